The molecular weight excluding hydrogens is 230 g/mol. The van der Waals surface area contributed by atoms with Crippen molar-refractivity contribution in [3.63, 3.8) is 0 Å². The van der Waals surface area contributed by atoms with Crippen LogP contribution in [0.25, 0.3) is 0 Å². The van der Waals surface area contributed by atoms with Crippen LogP contribution in [0, 0.1) is 5.92 Å². The van der Waals surface area contributed by atoms with Crippen molar-refractivity contribution >= 4 is 5.82 Å². The molecule has 0 saturated carbocycles. The van der Waals surface area contributed by atoms with Crippen molar-refractivity contribution in [2.75, 3.05) is 32.2 Å². The highest BCUT2D eigenvalue weighted by atomic mass is 16.5. The Morgan fingerprint density at radius 1 is 1.28 bits per heavy atom. The van der Waals surface area contributed by atoms with Crippen molar-refractivity contribution in [2.24, 2.45) is 5.92 Å². The highest BCUT2D eigenvalue weighted by Crippen LogP contribution is 2.13. The van der Waals surface area contributed by atoms with Crippen molar-refractivity contribution < 1.29 is 9.47 Å². The van der Waals surface area contributed by atoms with Gasteiger partial charge in [-0.15, -0.1) is 0 Å². The maximum absolute atomic E-state index is 5.56. The summed E-state index contributed by atoms with van der Waals surface area (Å²) in [6, 6.07) is 1.79. The van der Waals surface area contributed by atoms with Gasteiger partial charge in [0.05, 0.1) is 6.61 Å². The Morgan fingerprint density at radius 2 is 2.06 bits per heavy atom. The molecule has 0 aliphatic carbocycles. The predicted octanol–water partition coefficient (Wildman–Crippen LogP) is 2.13. The minimum Gasteiger partial charge on any atom is -0.475 e. The number of hydrogen-bond donors (Lipinski definition) is 1. The van der Waals surface area contributed by atoms with Gasteiger partial charge < -0.3 is 14.8 Å². The van der Waals surface area contributed by atoms with Gasteiger partial charge in [-0.3, -0.25) is 0 Å². The van der Waals surface area contributed by atoms with Gasteiger partial charge in [0.15, 0.2) is 0 Å². The van der Waals surface area contributed by atoms with Gasteiger partial charge in [-0.25, -0.2) is 4.98 Å². The zero-order chi connectivity index (χ0) is 13.4. The predicted molar refractivity (Wildman–Crippen MR) is 72.1 cm³/mol. The Balaban J connectivity index is 2.41. The third kappa shape index (κ3) is 5.31. The SMILES string of the molecule is CCc1nc(NC)cc(OCCOCC(C)C)n1. The summed E-state index contributed by atoms with van der Waals surface area (Å²) < 4.78 is 11.0. The lowest BCUT2D eigenvalue weighted by Gasteiger charge is -2.10. The number of nitrogens with one attached hydrogen (secondary N) is 1. The van der Waals surface area contributed by atoms with Crippen molar-refractivity contribution in [1.29, 1.82) is 0 Å². The third-order valence-electron chi connectivity index (χ3n) is 2.25. The molecule has 18 heavy (non-hydrogen) atoms. The molecule has 0 unspecified atom stereocenters. The molecule has 0 bridgehead atoms. The average Bonchev–Trinajstić information content (AvgIpc) is 2.37. The van der Waals surface area contributed by atoms with Gasteiger partial charge in [0.1, 0.15) is 18.2 Å². The highest BCUT2D eigenvalue weighted by Gasteiger charge is 2.03. The van der Waals surface area contributed by atoms with Gasteiger partial charge >= 0.3 is 0 Å². The van der Waals surface area contributed by atoms with Crippen molar-refractivity contribution in [3.8, 4) is 5.88 Å². The summed E-state index contributed by atoms with van der Waals surface area (Å²) in [4.78, 5) is 8.61. The number of aryl methyl sites for hydroxylation is 1. The molecule has 102 valence electrons. The quantitative estimate of drug-likeness (QED) is 0.719. The molecule has 1 aromatic heterocycles. The number of anilines is 1. The smallest absolute Gasteiger partial charge is 0.218 e. The second-order valence-electron chi connectivity index (χ2n) is 4.43. The lowest BCUT2D eigenvalue weighted by atomic mass is 10.2. The van der Waals surface area contributed by atoms with Gasteiger partial charge in [-0.2, -0.15) is 4.98 Å². The lowest BCUT2D eigenvalue weighted by molar-refractivity contribution is 0.0805. The molecule has 1 heterocycles. The number of rotatable bonds is 8. The zero-order valence-electron chi connectivity index (χ0n) is 11.7. The first kappa shape index (κ1) is 14.7. The molecule has 1 rings (SSSR count). The largest absolute Gasteiger partial charge is 0.475 e. The van der Waals surface area contributed by atoms with E-state index in [1.54, 1.807) is 6.07 Å². The highest BCUT2D eigenvalue weighted by molar-refractivity contribution is 5.37. The van der Waals surface area contributed by atoms with Crippen molar-refractivity contribution in [2.45, 2.75) is 27.2 Å². The van der Waals surface area contributed by atoms with E-state index >= 15 is 0 Å². The van der Waals surface area contributed by atoms with Crippen LogP contribution in [-0.4, -0.2) is 36.8 Å². The summed E-state index contributed by atoms with van der Waals surface area (Å²) in [6.45, 7) is 8.12. The summed E-state index contributed by atoms with van der Waals surface area (Å²) in [5.41, 5.74) is 0. The van der Waals surface area contributed by atoms with Gasteiger partial charge in [0.2, 0.25) is 5.88 Å². The van der Waals surface area contributed by atoms with Crippen LogP contribution >= 0.6 is 0 Å². The van der Waals surface area contributed by atoms with Crippen LogP contribution in [-0.2, 0) is 11.2 Å². The molecule has 0 aromatic carbocycles. The molecule has 0 atom stereocenters. The summed E-state index contributed by atoms with van der Waals surface area (Å²) in [5, 5.41) is 3.00. The normalized spacial score (nSPS) is 10.7. The fourth-order valence-corrected chi connectivity index (χ4v) is 1.36. The van der Waals surface area contributed by atoms with E-state index in [1.165, 1.54) is 0 Å². The first-order valence-corrected chi connectivity index (χ1v) is 6.42. The maximum Gasteiger partial charge on any atom is 0.218 e. The second-order valence-corrected chi connectivity index (χ2v) is 4.43. The van der Waals surface area contributed by atoms with Crippen LogP contribution in [0.4, 0.5) is 5.82 Å². The van der Waals surface area contributed by atoms with E-state index in [2.05, 4.69) is 29.1 Å². The van der Waals surface area contributed by atoms with E-state index in [4.69, 9.17) is 9.47 Å². The number of ether oxygens (including phenoxy) is 2. The molecule has 0 aliphatic rings. The fraction of sp³-hybridized carbons (Fsp3) is 0.692. The van der Waals surface area contributed by atoms with Gasteiger partial charge in [0.25, 0.3) is 0 Å². The van der Waals surface area contributed by atoms with E-state index in [0.717, 1.165) is 24.7 Å². The van der Waals surface area contributed by atoms with Crippen molar-refractivity contribution in [3.05, 3.63) is 11.9 Å². The molecule has 0 aliphatic heterocycles. The molecule has 0 saturated heterocycles. The topological polar surface area (TPSA) is 56.3 Å². The Morgan fingerprint density at radius 3 is 2.67 bits per heavy atom. The molecule has 0 amide bonds. The lowest BCUT2D eigenvalue weighted by Crippen LogP contribution is -2.11. The Hall–Kier alpha value is -1.36. The first-order valence-electron chi connectivity index (χ1n) is 6.42. The van der Waals surface area contributed by atoms with E-state index in [9.17, 15) is 0 Å². The van der Waals surface area contributed by atoms with Crippen LogP contribution in [0.3, 0.4) is 0 Å². The Kier molecular flexibility index (Phi) is 6.43. The first-order chi connectivity index (χ1) is 8.65. The number of aromatic nitrogens is 2. The standard InChI is InChI=1S/C13H23N3O2/c1-5-11-15-12(14-4)8-13(16-11)18-7-6-17-9-10(2)3/h8,10H,5-7,9H2,1-4H3,(H,14,15,16). The molecule has 0 spiro atoms. The van der Waals surface area contributed by atoms with Crippen LogP contribution in [0.1, 0.15) is 26.6 Å². The van der Waals surface area contributed by atoms with Crippen LogP contribution in [0.2, 0.25) is 0 Å². The molecule has 5 heteroatoms. The van der Waals surface area contributed by atoms with Crippen LogP contribution < -0.4 is 10.1 Å². The van der Waals surface area contributed by atoms with Crippen LogP contribution in [0.15, 0.2) is 6.07 Å². The molecule has 1 aromatic rings. The summed E-state index contributed by atoms with van der Waals surface area (Å²) in [7, 11) is 1.83. The number of nitrogens with zero attached hydrogens (tertiary/aromatic N) is 2. The van der Waals surface area contributed by atoms with Crippen molar-refractivity contribution in [1.82, 2.24) is 9.97 Å². The molecule has 5 nitrogen and oxygen atoms in total. The molecule has 1 N–H and O–H groups in total. The van der Waals surface area contributed by atoms with E-state index in [0.29, 0.717) is 25.0 Å². The van der Waals surface area contributed by atoms with E-state index < -0.39 is 0 Å². The zero-order valence-corrected chi connectivity index (χ0v) is 11.7. The van der Waals surface area contributed by atoms with Gasteiger partial charge in [-0.05, 0) is 5.92 Å². The van der Waals surface area contributed by atoms with Crippen LogP contribution in [0.5, 0.6) is 5.88 Å². The maximum atomic E-state index is 5.56. The van der Waals surface area contributed by atoms with Gasteiger partial charge in [-0.1, -0.05) is 20.8 Å². The third-order valence-corrected chi connectivity index (χ3v) is 2.25. The van der Waals surface area contributed by atoms with E-state index in [1.807, 2.05) is 14.0 Å². The summed E-state index contributed by atoms with van der Waals surface area (Å²) in [5.74, 6) is 2.70. The minimum absolute atomic E-state index is 0.510. The minimum atomic E-state index is 0.510. The number of hydrogen-bond acceptors (Lipinski definition) is 5. The fourth-order valence-electron chi connectivity index (χ4n) is 1.36. The molecule has 0 radical (unpaired) electrons. The molecular formula is C13H23N3O2. The Labute approximate surface area is 109 Å². The van der Waals surface area contributed by atoms with Gasteiger partial charge in [0, 0.05) is 26.1 Å². The summed E-state index contributed by atoms with van der Waals surface area (Å²) in [6.07, 6.45) is 0.787. The molecule has 0 fully saturated rings. The average molecular weight is 253 g/mol. The second kappa shape index (κ2) is 7.87. The Bertz CT molecular complexity index is 334. The van der Waals surface area contributed by atoms with E-state index in [-0.39, 0.29) is 0 Å². The monoisotopic (exact) mass is 253 g/mol. The summed E-state index contributed by atoms with van der Waals surface area (Å²) >= 11 is 0.